The van der Waals surface area contributed by atoms with Crippen molar-refractivity contribution < 1.29 is 14.3 Å². The van der Waals surface area contributed by atoms with E-state index >= 15 is 0 Å². The van der Waals surface area contributed by atoms with Gasteiger partial charge in [0.05, 0.1) is 6.04 Å². The smallest absolute Gasteiger partial charge is 0.306 e. The minimum Gasteiger partial charge on any atom is -0.456 e. The summed E-state index contributed by atoms with van der Waals surface area (Å²) in [5.41, 5.74) is 0.996. The summed E-state index contributed by atoms with van der Waals surface area (Å²) in [6.45, 7) is -0.257. The molecule has 2 heterocycles. The van der Waals surface area contributed by atoms with Crippen LogP contribution in [0.3, 0.4) is 0 Å². The van der Waals surface area contributed by atoms with Crippen LogP contribution in [0.1, 0.15) is 34.2 Å². The zero-order chi connectivity index (χ0) is 18.9. The van der Waals surface area contributed by atoms with Gasteiger partial charge in [-0.3, -0.25) is 9.59 Å². The van der Waals surface area contributed by atoms with Crippen molar-refractivity contribution in [1.29, 1.82) is 0 Å². The minimum atomic E-state index is -0.339. The monoisotopic (exact) mass is 399 g/mol. The van der Waals surface area contributed by atoms with Gasteiger partial charge < -0.3 is 10.1 Å². The minimum absolute atomic E-state index is 0.240. The Morgan fingerprint density at radius 3 is 2.44 bits per heavy atom. The third-order valence-corrected chi connectivity index (χ3v) is 5.89. The van der Waals surface area contributed by atoms with Crippen molar-refractivity contribution in [3.05, 3.63) is 80.7 Å². The molecule has 0 saturated carbocycles. The van der Waals surface area contributed by atoms with Crippen molar-refractivity contribution in [3.8, 4) is 0 Å². The second-order valence-electron chi connectivity index (χ2n) is 6.02. The number of hydrogen-bond acceptors (Lipinski definition) is 5. The Morgan fingerprint density at radius 2 is 1.74 bits per heavy atom. The molecule has 140 valence electrons. The highest BCUT2D eigenvalue weighted by atomic mass is 32.1. The van der Waals surface area contributed by atoms with Gasteiger partial charge in [-0.1, -0.05) is 42.5 Å². The van der Waals surface area contributed by atoms with Crippen molar-refractivity contribution >= 4 is 34.6 Å². The number of nitrogens with one attached hydrogen (secondary N) is 1. The lowest BCUT2D eigenvalue weighted by atomic mass is 10.1. The molecule has 3 aromatic rings. The molecule has 3 rings (SSSR count). The molecule has 0 bridgehead atoms. The molecule has 0 spiro atoms. The van der Waals surface area contributed by atoms with E-state index in [1.54, 1.807) is 22.7 Å². The molecule has 4 nitrogen and oxygen atoms in total. The van der Waals surface area contributed by atoms with E-state index in [1.807, 2.05) is 59.3 Å². The van der Waals surface area contributed by atoms with Crippen LogP contribution in [0, 0.1) is 0 Å². The Morgan fingerprint density at radius 1 is 0.963 bits per heavy atom. The Kier molecular flexibility index (Phi) is 7.19. The molecule has 0 fully saturated rings. The number of carbonyl (C=O) groups excluding carboxylic acids is 2. The molecule has 1 atom stereocenters. The van der Waals surface area contributed by atoms with Gasteiger partial charge in [0, 0.05) is 16.2 Å². The molecule has 0 saturated heterocycles. The van der Waals surface area contributed by atoms with Crippen LogP contribution in [-0.4, -0.2) is 18.5 Å². The second-order valence-corrected chi connectivity index (χ2v) is 8.03. The van der Waals surface area contributed by atoms with Gasteiger partial charge in [-0.05, 0) is 41.3 Å². The van der Waals surface area contributed by atoms with Gasteiger partial charge in [0.1, 0.15) is 0 Å². The lowest BCUT2D eigenvalue weighted by Gasteiger charge is -2.18. The first kappa shape index (κ1) is 19.3. The quantitative estimate of drug-likeness (QED) is 0.536. The van der Waals surface area contributed by atoms with Gasteiger partial charge in [0.2, 0.25) is 0 Å². The van der Waals surface area contributed by atoms with Gasteiger partial charge in [0.15, 0.2) is 6.61 Å². The predicted molar refractivity (Wildman–Crippen MR) is 109 cm³/mol. The lowest BCUT2D eigenvalue weighted by molar-refractivity contribution is -0.148. The normalized spacial score (nSPS) is 11.7. The number of esters is 1. The topological polar surface area (TPSA) is 55.4 Å². The summed E-state index contributed by atoms with van der Waals surface area (Å²) < 4.78 is 5.13. The summed E-state index contributed by atoms with van der Waals surface area (Å²) in [6, 6.07) is 17.5. The van der Waals surface area contributed by atoms with E-state index in [9.17, 15) is 9.59 Å². The Bertz CT molecular complexity index is 830. The lowest BCUT2D eigenvalue weighted by Crippen LogP contribution is -2.32. The fourth-order valence-electron chi connectivity index (χ4n) is 2.70. The number of ether oxygens (including phenoxy) is 1. The predicted octanol–water partition coefficient (Wildman–Crippen LogP) is 4.58. The molecular formula is C21H21NO3S2. The van der Waals surface area contributed by atoms with Gasteiger partial charge in [-0.25, -0.2) is 0 Å². The number of benzene rings is 1. The molecule has 27 heavy (non-hydrogen) atoms. The number of rotatable bonds is 9. The summed E-state index contributed by atoms with van der Waals surface area (Å²) >= 11 is 3.26. The molecule has 0 unspecified atom stereocenters. The van der Waals surface area contributed by atoms with Gasteiger partial charge in [-0.2, -0.15) is 0 Å². The Balaban J connectivity index is 1.47. The summed E-state index contributed by atoms with van der Waals surface area (Å²) in [6.07, 6.45) is 1.90. The summed E-state index contributed by atoms with van der Waals surface area (Å²) in [5, 5.41) is 6.97. The number of amides is 1. The van der Waals surface area contributed by atoms with Crippen molar-refractivity contribution in [2.45, 2.75) is 25.3 Å². The summed E-state index contributed by atoms with van der Waals surface area (Å²) in [7, 11) is 0. The first-order chi connectivity index (χ1) is 13.2. The van der Waals surface area contributed by atoms with E-state index in [2.05, 4.69) is 11.4 Å². The summed E-state index contributed by atoms with van der Waals surface area (Å²) in [4.78, 5) is 26.5. The van der Waals surface area contributed by atoms with Crippen LogP contribution < -0.4 is 5.32 Å². The van der Waals surface area contributed by atoms with Crippen LogP contribution >= 0.6 is 22.7 Å². The van der Waals surface area contributed by atoms with Crippen LogP contribution in [0.15, 0.2) is 65.4 Å². The van der Waals surface area contributed by atoms with E-state index < -0.39 is 0 Å². The van der Waals surface area contributed by atoms with Gasteiger partial charge >= 0.3 is 5.97 Å². The van der Waals surface area contributed by atoms with E-state index in [4.69, 9.17) is 4.74 Å². The molecule has 0 radical (unpaired) electrons. The number of aryl methyl sites for hydroxylation is 1. The maximum Gasteiger partial charge on any atom is 0.306 e. The van der Waals surface area contributed by atoms with Crippen molar-refractivity contribution in [2.24, 2.45) is 0 Å². The first-order valence-electron chi connectivity index (χ1n) is 8.78. The number of thiophene rings is 2. The molecule has 2 aromatic heterocycles. The van der Waals surface area contributed by atoms with Crippen LogP contribution in [0.25, 0.3) is 0 Å². The largest absolute Gasteiger partial charge is 0.456 e. The Hall–Kier alpha value is -2.44. The maximum atomic E-state index is 12.3. The average molecular weight is 400 g/mol. The highest BCUT2D eigenvalue weighted by Crippen LogP contribution is 2.25. The average Bonchev–Trinajstić information content (AvgIpc) is 3.39. The first-order valence-corrected chi connectivity index (χ1v) is 10.5. The zero-order valence-electron chi connectivity index (χ0n) is 14.8. The molecule has 1 amide bonds. The van der Waals surface area contributed by atoms with E-state index in [-0.39, 0.29) is 24.5 Å². The highest BCUT2D eigenvalue weighted by Gasteiger charge is 2.18. The van der Waals surface area contributed by atoms with Crippen LogP contribution in [0.4, 0.5) is 0 Å². The fraction of sp³-hybridized carbons (Fsp3) is 0.238. The molecular weight excluding hydrogens is 378 g/mol. The van der Waals surface area contributed by atoms with Crippen molar-refractivity contribution in [2.75, 3.05) is 6.61 Å². The molecule has 0 aliphatic carbocycles. The van der Waals surface area contributed by atoms with Gasteiger partial charge in [0.25, 0.3) is 5.91 Å². The number of carbonyl (C=O) groups is 2. The fourth-order valence-corrected chi connectivity index (χ4v) is 4.26. The van der Waals surface area contributed by atoms with E-state index in [0.29, 0.717) is 6.42 Å². The van der Waals surface area contributed by atoms with Gasteiger partial charge in [-0.15, -0.1) is 22.7 Å². The molecule has 6 heteroatoms. The van der Waals surface area contributed by atoms with Crippen molar-refractivity contribution in [3.63, 3.8) is 0 Å². The maximum absolute atomic E-state index is 12.3. The second kappa shape index (κ2) is 10.0. The van der Waals surface area contributed by atoms with Crippen LogP contribution in [0.5, 0.6) is 0 Å². The molecule has 0 aliphatic rings. The standard InChI is InChI=1S/C21H21NO3S2/c23-19(15-25-20(24)12-4-9-17-10-5-13-26-17)22-21(18-11-6-14-27-18)16-7-2-1-3-8-16/h1-3,5-8,10-11,13-14,21H,4,9,12,15H2,(H,22,23)/t21-/m0/s1. The van der Waals surface area contributed by atoms with Crippen LogP contribution in [0.2, 0.25) is 0 Å². The van der Waals surface area contributed by atoms with Crippen LogP contribution in [-0.2, 0) is 20.7 Å². The molecule has 1 N–H and O–H groups in total. The molecule has 1 aromatic carbocycles. The van der Waals surface area contributed by atoms with Crippen molar-refractivity contribution in [1.82, 2.24) is 5.32 Å². The van der Waals surface area contributed by atoms with E-state index in [1.165, 1.54) is 4.88 Å². The SMILES string of the molecule is O=C(COC(=O)CCCc1cccs1)N[C@@H](c1ccccc1)c1cccs1. The number of hydrogen-bond donors (Lipinski definition) is 1. The van der Waals surface area contributed by atoms with E-state index in [0.717, 1.165) is 23.3 Å². The Labute approximate surface area is 166 Å². The third kappa shape index (κ3) is 6.05. The summed E-state index contributed by atoms with van der Waals surface area (Å²) in [5.74, 6) is -0.641. The zero-order valence-corrected chi connectivity index (χ0v) is 16.4. The third-order valence-electron chi connectivity index (χ3n) is 4.01. The highest BCUT2D eigenvalue weighted by molar-refractivity contribution is 7.10. The molecule has 0 aliphatic heterocycles.